The van der Waals surface area contributed by atoms with Crippen LogP contribution >= 0.6 is 0 Å². The summed E-state index contributed by atoms with van der Waals surface area (Å²) >= 11 is 0. The maximum absolute atomic E-state index is 13.2. The Morgan fingerprint density at radius 2 is 1.89 bits per heavy atom. The second kappa shape index (κ2) is 7.82. The van der Waals surface area contributed by atoms with Crippen LogP contribution < -0.4 is 9.62 Å². The zero-order chi connectivity index (χ0) is 19.6. The molecule has 0 spiro atoms. The van der Waals surface area contributed by atoms with Crippen LogP contribution in [-0.2, 0) is 21.2 Å². The molecule has 1 atom stereocenters. The summed E-state index contributed by atoms with van der Waals surface area (Å²) in [5.74, 6) is -0.0121. The molecule has 27 heavy (non-hydrogen) atoms. The number of rotatable bonds is 6. The van der Waals surface area contributed by atoms with E-state index in [0.717, 1.165) is 23.2 Å². The number of amides is 1. The minimum atomic E-state index is -3.78. The molecule has 1 aliphatic rings. The zero-order valence-corrected chi connectivity index (χ0v) is 16.8. The average molecular weight is 387 g/mol. The number of para-hydroxylation sites is 1. The first-order valence-corrected chi connectivity index (χ1v) is 10.7. The Hall–Kier alpha value is -2.18. The van der Waals surface area contributed by atoms with Gasteiger partial charge in [0.25, 0.3) is 0 Å². The van der Waals surface area contributed by atoms with E-state index in [1.54, 1.807) is 23.1 Å². The molecule has 2 aromatic rings. The molecule has 0 saturated heterocycles. The van der Waals surface area contributed by atoms with Crippen LogP contribution in [0.5, 0.6) is 0 Å². The van der Waals surface area contributed by atoms with Crippen molar-refractivity contribution < 1.29 is 13.2 Å². The molecule has 1 amide bonds. The van der Waals surface area contributed by atoms with Gasteiger partial charge in [0.2, 0.25) is 15.9 Å². The summed E-state index contributed by atoms with van der Waals surface area (Å²) in [6.45, 7) is 6.40. The summed E-state index contributed by atoms with van der Waals surface area (Å²) in [5.41, 5.74) is 2.86. The van der Waals surface area contributed by atoms with Crippen molar-refractivity contribution in [3.8, 4) is 0 Å². The molecule has 0 fully saturated rings. The Morgan fingerprint density at radius 3 is 2.59 bits per heavy atom. The number of carbonyl (C=O) groups excluding carboxylic acids is 1. The van der Waals surface area contributed by atoms with Crippen molar-refractivity contribution >= 4 is 21.6 Å². The smallest absolute Gasteiger partial charge is 0.245 e. The van der Waals surface area contributed by atoms with Gasteiger partial charge in [0.05, 0.1) is 4.90 Å². The van der Waals surface area contributed by atoms with Crippen LogP contribution in [0.3, 0.4) is 0 Å². The molecule has 2 aromatic carbocycles. The number of anilines is 1. The Labute approximate surface area is 161 Å². The lowest BCUT2D eigenvalue weighted by Gasteiger charge is -2.26. The first-order chi connectivity index (χ1) is 12.8. The molecule has 1 aliphatic heterocycles. The fourth-order valence-corrected chi connectivity index (χ4v) is 4.77. The molecule has 5 nitrogen and oxygen atoms in total. The maximum Gasteiger partial charge on any atom is 0.245 e. The molecule has 0 aliphatic carbocycles. The average Bonchev–Trinajstić information content (AvgIpc) is 3.04. The Balaban J connectivity index is 1.87. The van der Waals surface area contributed by atoms with Crippen LogP contribution in [0, 0.1) is 12.8 Å². The van der Waals surface area contributed by atoms with E-state index in [0.29, 0.717) is 13.0 Å². The van der Waals surface area contributed by atoms with E-state index in [-0.39, 0.29) is 16.7 Å². The van der Waals surface area contributed by atoms with E-state index in [9.17, 15) is 13.2 Å². The van der Waals surface area contributed by atoms with Crippen molar-refractivity contribution in [2.75, 3.05) is 11.4 Å². The van der Waals surface area contributed by atoms with Crippen molar-refractivity contribution in [3.63, 3.8) is 0 Å². The van der Waals surface area contributed by atoms with Crippen LogP contribution in [0.4, 0.5) is 5.69 Å². The second-order valence-corrected chi connectivity index (χ2v) is 9.20. The molecule has 0 saturated carbocycles. The topological polar surface area (TPSA) is 66.5 Å². The van der Waals surface area contributed by atoms with E-state index in [1.807, 2.05) is 51.1 Å². The molecule has 0 unspecified atom stereocenters. The molecule has 1 N–H and O–H groups in total. The van der Waals surface area contributed by atoms with E-state index >= 15 is 0 Å². The number of hydrogen-bond acceptors (Lipinski definition) is 3. The fourth-order valence-electron chi connectivity index (χ4n) is 3.46. The fraction of sp³-hybridized carbons (Fsp3) is 0.381. The highest BCUT2D eigenvalue weighted by atomic mass is 32.2. The molecule has 0 bridgehead atoms. The summed E-state index contributed by atoms with van der Waals surface area (Å²) in [4.78, 5) is 15.1. The van der Waals surface area contributed by atoms with Gasteiger partial charge in [-0.3, -0.25) is 4.79 Å². The first kappa shape index (κ1) is 19.6. The summed E-state index contributed by atoms with van der Waals surface area (Å²) in [5, 5.41) is 0. The number of aryl methyl sites for hydroxylation is 1. The Kier molecular flexibility index (Phi) is 5.67. The van der Waals surface area contributed by atoms with Gasteiger partial charge in [-0.05, 0) is 55.0 Å². The van der Waals surface area contributed by atoms with Gasteiger partial charge >= 0.3 is 0 Å². The lowest BCUT2D eigenvalue weighted by molar-refractivity contribution is -0.120. The molecule has 1 heterocycles. The highest BCUT2D eigenvalue weighted by Crippen LogP contribution is 2.29. The van der Waals surface area contributed by atoms with Gasteiger partial charge in [-0.15, -0.1) is 0 Å². The molecule has 144 valence electrons. The number of hydrogen-bond donors (Lipinski definition) is 1. The first-order valence-electron chi connectivity index (χ1n) is 9.26. The third-order valence-corrected chi connectivity index (χ3v) is 6.22. The van der Waals surface area contributed by atoms with Crippen LogP contribution in [0.15, 0.2) is 53.4 Å². The number of nitrogens with one attached hydrogen (secondary N) is 1. The van der Waals surface area contributed by atoms with E-state index in [1.165, 1.54) is 0 Å². The number of benzene rings is 2. The summed E-state index contributed by atoms with van der Waals surface area (Å²) in [6, 6.07) is 13.7. The van der Waals surface area contributed by atoms with E-state index in [2.05, 4.69) is 4.72 Å². The van der Waals surface area contributed by atoms with Crippen molar-refractivity contribution in [1.29, 1.82) is 0 Å². The molecule has 6 heteroatoms. The third kappa shape index (κ3) is 4.39. The van der Waals surface area contributed by atoms with Gasteiger partial charge in [-0.1, -0.05) is 44.2 Å². The number of nitrogens with zero attached hydrogens (tertiary/aromatic N) is 1. The lowest BCUT2D eigenvalue weighted by Crippen LogP contribution is -2.48. The van der Waals surface area contributed by atoms with Crippen molar-refractivity contribution in [2.45, 2.75) is 44.6 Å². The maximum atomic E-state index is 13.2. The summed E-state index contributed by atoms with van der Waals surface area (Å²) < 4.78 is 28.4. The van der Waals surface area contributed by atoms with Crippen LogP contribution in [0.2, 0.25) is 0 Å². The molecule has 0 radical (unpaired) electrons. The van der Waals surface area contributed by atoms with Gasteiger partial charge < -0.3 is 4.90 Å². The van der Waals surface area contributed by atoms with Gasteiger partial charge in [0.15, 0.2) is 0 Å². The standard InChI is InChI=1S/C21H26N2O3S/c1-15(2)13-19(22-27(25,26)18-9-6-7-16(3)14-18)21(24)23-12-11-17-8-4-5-10-20(17)23/h4-10,14-15,19,22H,11-13H2,1-3H3/t19-/m0/s1. The highest BCUT2D eigenvalue weighted by Gasteiger charge is 2.33. The highest BCUT2D eigenvalue weighted by molar-refractivity contribution is 7.89. The van der Waals surface area contributed by atoms with Crippen LogP contribution in [-0.4, -0.2) is 26.9 Å². The number of fused-ring (bicyclic) bond motifs is 1. The lowest BCUT2D eigenvalue weighted by atomic mass is 10.0. The van der Waals surface area contributed by atoms with Crippen LogP contribution in [0.1, 0.15) is 31.4 Å². The number of sulfonamides is 1. The van der Waals surface area contributed by atoms with Gasteiger partial charge in [0, 0.05) is 12.2 Å². The van der Waals surface area contributed by atoms with E-state index < -0.39 is 16.1 Å². The Bertz CT molecular complexity index is 938. The second-order valence-electron chi connectivity index (χ2n) is 7.49. The molecule has 0 aromatic heterocycles. The normalized spacial score (nSPS) is 15.0. The van der Waals surface area contributed by atoms with Crippen LogP contribution in [0.25, 0.3) is 0 Å². The molecule has 3 rings (SSSR count). The van der Waals surface area contributed by atoms with Gasteiger partial charge in [-0.2, -0.15) is 4.72 Å². The summed E-state index contributed by atoms with van der Waals surface area (Å²) in [7, 11) is -3.78. The summed E-state index contributed by atoms with van der Waals surface area (Å²) in [6.07, 6.45) is 1.24. The van der Waals surface area contributed by atoms with Crippen molar-refractivity contribution in [3.05, 3.63) is 59.7 Å². The predicted octanol–water partition coefficient (Wildman–Crippen LogP) is 3.28. The quantitative estimate of drug-likeness (QED) is 0.828. The Morgan fingerprint density at radius 1 is 1.15 bits per heavy atom. The van der Waals surface area contributed by atoms with Gasteiger partial charge in [-0.25, -0.2) is 8.42 Å². The minimum absolute atomic E-state index is 0.178. The SMILES string of the molecule is Cc1cccc(S(=O)(=O)N[C@@H](CC(C)C)C(=O)N2CCc3ccccc32)c1. The minimum Gasteiger partial charge on any atom is -0.310 e. The number of carbonyl (C=O) groups is 1. The predicted molar refractivity (Wildman–Crippen MR) is 107 cm³/mol. The molecular formula is C21H26N2O3S. The largest absolute Gasteiger partial charge is 0.310 e. The zero-order valence-electron chi connectivity index (χ0n) is 16.0. The van der Waals surface area contributed by atoms with Crippen molar-refractivity contribution in [2.24, 2.45) is 5.92 Å². The monoisotopic (exact) mass is 386 g/mol. The van der Waals surface area contributed by atoms with Crippen molar-refractivity contribution in [1.82, 2.24) is 4.72 Å². The van der Waals surface area contributed by atoms with E-state index in [4.69, 9.17) is 0 Å². The van der Waals surface area contributed by atoms with Gasteiger partial charge in [0.1, 0.15) is 6.04 Å². The third-order valence-electron chi connectivity index (χ3n) is 4.76. The molecular weight excluding hydrogens is 360 g/mol.